The second-order valence-electron chi connectivity index (χ2n) is 12.7. The first-order valence-corrected chi connectivity index (χ1v) is 18.2. The van der Waals surface area contributed by atoms with Crippen LogP contribution >= 0.6 is 7.92 Å². The average molecular weight is 693 g/mol. The molecule has 5 rings (SSSR count). The molecular weight excluding hydrogens is 641 g/mol. The smallest absolute Gasteiger partial charge is 0.125 e. The molecule has 0 atom stereocenters. The molecule has 1 radical (unpaired) electrons. The second kappa shape index (κ2) is 18.7. The van der Waals surface area contributed by atoms with Gasteiger partial charge < -0.3 is 15.1 Å². The zero-order valence-electron chi connectivity index (χ0n) is 29.2. The molecule has 0 unspecified atom stereocenters. The Morgan fingerprint density at radius 1 is 0.404 bits per heavy atom. The van der Waals surface area contributed by atoms with E-state index in [1.807, 2.05) is 60.7 Å². The second-order valence-corrected chi connectivity index (χ2v) is 15.2. The van der Waals surface area contributed by atoms with Crippen molar-refractivity contribution in [3.8, 4) is 0 Å². The molecule has 47 heavy (non-hydrogen) atoms. The molecule has 5 aromatic carbocycles. The summed E-state index contributed by atoms with van der Waals surface area (Å²) in [6.45, 7) is 18.4. The maximum absolute atomic E-state index is 4.44. The fourth-order valence-electron chi connectivity index (χ4n) is 6.34. The van der Waals surface area contributed by atoms with Crippen LogP contribution in [0, 0.1) is 0 Å². The minimum absolute atomic E-state index is 0. The summed E-state index contributed by atoms with van der Waals surface area (Å²) in [6.07, 6.45) is 0. The summed E-state index contributed by atoms with van der Waals surface area (Å²) in [4.78, 5) is 5.16. The molecule has 0 amide bonds. The maximum Gasteiger partial charge on any atom is 0.125 e. The van der Waals surface area contributed by atoms with Crippen LogP contribution < -0.4 is 25.7 Å². The van der Waals surface area contributed by atoms with Crippen molar-refractivity contribution in [3.05, 3.63) is 145 Å². The van der Waals surface area contributed by atoms with Crippen LogP contribution in [0.1, 0.15) is 55.4 Å². The summed E-state index contributed by atoms with van der Waals surface area (Å²) in [7, 11) is -1.24. The Morgan fingerprint density at radius 2 is 0.702 bits per heavy atom. The van der Waals surface area contributed by atoms with Gasteiger partial charge in [0.25, 0.3) is 0 Å². The van der Waals surface area contributed by atoms with Gasteiger partial charge in [0.2, 0.25) is 0 Å². The largest absolute Gasteiger partial charge is 0.658 e. The van der Waals surface area contributed by atoms with E-state index < -0.39 is 7.92 Å². The Labute approximate surface area is 296 Å². The van der Waals surface area contributed by atoms with Gasteiger partial charge in [0.05, 0.1) is 11.4 Å². The molecule has 0 saturated heterocycles. The molecular formula is C42H52CuN3P. The van der Waals surface area contributed by atoms with Crippen molar-refractivity contribution in [1.82, 2.24) is 0 Å². The van der Waals surface area contributed by atoms with E-state index in [1.54, 1.807) is 0 Å². The zero-order valence-corrected chi connectivity index (χ0v) is 31.2. The number of rotatable bonds is 11. The van der Waals surface area contributed by atoms with Gasteiger partial charge in [0.1, 0.15) is 23.8 Å². The molecule has 0 bridgehead atoms. The van der Waals surface area contributed by atoms with Gasteiger partial charge in [-0.25, -0.2) is 0 Å². The molecule has 0 fully saturated rings. The van der Waals surface area contributed by atoms with Crippen molar-refractivity contribution in [2.24, 2.45) is 0 Å². The fraction of sp³-hybridized carbons (Fsp3) is 0.286. The van der Waals surface area contributed by atoms with Crippen molar-refractivity contribution in [3.63, 3.8) is 0 Å². The van der Waals surface area contributed by atoms with Crippen molar-refractivity contribution < 1.29 is 17.1 Å². The SMILES string of the molecule is CC(C)N(c1ccccc1[PH+](c1ccccc1)c1ccccc1N(C(C)C)C(C)C)C(C)C.[Cu].c1ccc([N-]c2ccccc2)cc1. The number of benzene rings is 5. The van der Waals surface area contributed by atoms with Crippen LogP contribution in [0.15, 0.2) is 140 Å². The topological polar surface area (TPSA) is 20.6 Å². The average Bonchev–Trinajstić information content (AvgIpc) is 3.04. The van der Waals surface area contributed by atoms with E-state index in [2.05, 4.69) is 149 Å². The van der Waals surface area contributed by atoms with Gasteiger partial charge in [-0.15, -0.1) is 11.4 Å². The number of hydrogen-bond acceptors (Lipinski definition) is 2. The summed E-state index contributed by atoms with van der Waals surface area (Å²) in [5.74, 6) is 0. The summed E-state index contributed by atoms with van der Waals surface area (Å²) in [5, 5.41) is 8.81. The molecule has 0 aliphatic rings. The monoisotopic (exact) mass is 692 g/mol. The van der Waals surface area contributed by atoms with Crippen LogP contribution in [0.4, 0.5) is 22.7 Å². The Balaban J connectivity index is 0.000000357. The van der Waals surface area contributed by atoms with Crippen molar-refractivity contribution in [2.75, 3.05) is 9.80 Å². The van der Waals surface area contributed by atoms with Crippen molar-refractivity contribution in [1.29, 1.82) is 0 Å². The first-order chi connectivity index (χ1) is 22.2. The zero-order chi connectivity index (χ0) is 33.1. The third-order valence-electron chi connectivity index (χ3n) is 7.96. The minimum atomic E-state index is -1.24. The van der Waals surface area contributed by atoms with E-state index >= 15 is 0 Å². The quantitative estimate of drug-likeness (QED) is 0.101. The molecule has 0 aromatic heterocycles. The van der Waals surface area contributed by atoms with Gasteiger partial charge in [-0.3, -0.25) is 0 Å². The van der Waals surface area contributed by atoms with E-state index in [-0.39, 0.29) is 17.1 Å². The Hall–Kier alpha value is -3.55. The van der Waals surface area contributed by atoms with Crippen LogP contribution in [0.5, 0.6) is 0 Å². The number of hydrogen-bond donors (Lipinski definition) is 0. The van der Waals surface area contributed by atoms with Gasteiger partial charge in [-0.05, 0) is 91.8 Å². The third kappa shape index (κ3) is 10.2. The molecule has 251 valence electrons. The molecule has 0 heterocycles. The molecule has 0 spiro atoms. The Bertz CT molecular complexity index is 1470. The van der Waals surface area contributed by atoms with Crippen LogP contribution in [0.3, 0.4) is 0 Å². The minimum Gasteiger partial charge on any atom is -0.658 e. The van der Waals surface area contributed by atoms with Crippen LogP contribution in [-0.2, 0) is 17.1 Å². The summed E-state index contributed by atoms with van der Waals surface area (Å²) in [6, 6.07) is 51.0. The predicted molar refractivity (Wildman–Crippen MR) is 208 cm³/mol. The number of anilines is 2. The molecule has 5 heteroatoms. The fourth-order valence-corrected chi connectivity index (χ4v) is 9.24. The number of para-hydroxylation sites is 4. The summed E-state index contributed by atoms with van der Waals surface area (Å²) >= 11 is 0. The van der Waals surface area contributed by atoms with Gasteiger partial charge in [0, 0.05) is 41.2 Å². The van der Waals surface area contributed by atoms with Gasteiger partial charge in [-0.1, -0.05) is 103 Å². The predicted octanol–water partition coefficient (Wildman–Crippen LogP) is 10.4. The molecule has 5 aromatic rings. The number of nitrogens with zero attached hydrogens (tertiary/aromatic N) is 3. The van der Waals surface area contributed by atoms with E-state index in [4.69, 9.17) is 0 Å². The van der Waals surface area contributed by atoms with Gasteiger partial charge >= 0.3 is 0 Å². The molecule has 3 nitrogen and oxygen atoms in total. The molecule has 0 saturated carbocycles. The Morgan fingerprint density at radius 3 is 1.04 bits per heavy atom. The normalized spacial score (nSPS) is 10.9. The maximum atomic E-state index is 4.44. The Kier molecular flexibility index (Phi) is 15.1. The van der Waals surface area contributed by atoms with Crippen LogP contribution in [0.2, 0.25) is 0 Å². The van der Waals surface area contributed by atoms with Crippen molar-refractivity contribution >= 4 is 46.6 Å². The third-order valence-corrected chi connectivity index (χ3v) is 10.8. The van der Waals surface area contributed by atoms with Crippen LogP contribution in [-0.4, -0.2) is 24.2 Å². The van der Waals surface area contributed by atoms with Gasteiger partial charge in [0.15, 0.2) is 0 Å². The van der Waals surface area contributed by atoms with E-state index in [0.717, 1.165) is 11.4 Å². The standard InChI is InChI=1S/C30H41N2P.C12H10N.Cu/c1-22(2)31(23(3)4)27-18-12-14-20-29(27)33(26-16-10-9-11-17-26)30-21-15-13-19-28(30)32(24(5)6)25(7)8;1-3-7-11(8-4-1)13-12-9-5-2-6-10-12;/h9-25H,1-8H3;1-10H;/q;-1;/p+1. The molecule has 0 aliphatic heterocycles. The van der Waals surface area contributed by atoms with Crippen molar-refractivity contribution in [2.45, 2.75) is 79.6 Å². The van der Waals surface area contributed by atoms with E-state index in [1.165, 1.54) is 27.3 Å². The van der Waals surface area contributed by atoms with Crippen LogP contribution in [0.25, 0.3) is 5.32 Å². The summed E-state index contributed by atoms with van der Waals surface area (Å²) in [5.41, 5.74) is 4.73. The van der Waals surface area contributed by atoms with E-state index in [9.17, 15) is 0 Å². The molecule has 0 aliphatic carbocycles. The van der Waals surface area contributed by atoms with Gasteiger partial charge in [-0.2, -0.15) is 0 Å². The first kappa shape index (κ1) is 37.9. The first-order valence-electron chi connectivity index (χ1n) is 16.7. The van der Waals surface area contributed by atoms with E-state index in [0.29, 0.717) is 24.2 Å². The summed E-state index contributed by atoms with van der Waals surface area (Å²) < 4.78 is 0. The molecule has 0 N–H and O–H groups in total.